The predicted molar refractivity (Wildman–Crippen MR) is 86.4 cm³/mol. The summed E-state index contributed by atoms with van der Waals surface area (Å²) in [6.07, 6.45) is 0. The van der Waals surface area contributed by atoms with Gasteiger partial charge in [-0.1, -0.05) is 48.5 Å². The van der Waals surface area contributed by atoms with Gasteiger partial charge in [0.25, 0.3) is 0 Å². The van der Waals surface area contributed by atoms with E-state index in [2.05, 4.69) is 6.58 Å². The smallest absolute Gasteiger partial charge is 0.333 e. The highest BCUT2D eigenvalue weighted by molar-refractivity contribution is 6.19. The number of ether oxygens (including phenoxy) is 2. The molecule has 0 aliphatic rings. The number of alkyl halides is 1. The van der Waals surface area contributed by atoms with Crippen LogP contribution in [0, 0.1) is 0 Å². The number of halogens is 1. The van der Waals surface area contributed by atoms with Crippen LogP contribution < -0.4 is 0 Å². The Morgan fingerprint density at radius 1 is 1.33 bits per heavy atom. The maximum absolute atomic E-state index is 10.8. The van der Waals surface area contributed by atoms with E-state index in [0.717, 1.165) is 12.1 Å². The van der Waals surface area contributed by atoms with Gasteiger partial charge in [-0.15, -0.1) is 0 Å². The molecule has 1 aromatic carbocycles. The molecule has 4 nitrogen and oxygen atoms in total. The van der Waals surface area contributed by atoms with Crippen LogP contribution in [0.4, 0.5) is 0 Å². The fourth-order valence-corrected chi connectivity index (χ4v) is 1.33. The van der Waals surface area contributed by atoms with Crippen LogP contribution in [0.1, 0.15) is 18.1 Å². The Labute approximate surface area is 132 Å². The lowest BCUT2D eigenvalue weighted by molar-refractivity contribution is -0.139. The minimum atomic E-state index is -0.318. The molecule has 0 N–H and O–H groups in total. The molecule has 0 aromatic heterocycles. The fourth-order valence-electron chi connectivity index (χ4n) is 1.18. The zero-order valence-corrected chi connectivity index (χ0v) is 13.9. The van der Waals surface area contributed by atoms with Crippen LogP contribution in [0.15, 0.2) is 42.5 Å². The second kappa shape index (κ2) is 11.3. The van der Waals surface area contributed by atoms with Gasteiger partial charge in [0.05, 0.1) is 0 Å². The lowest BCUT2D eigenvalue weighted by Gasteiger charge is -2.09. The summed E-state index contributed by atoms with van der Waals surface area (Å²) < 4.78 is 9.74. The summed E-state index contributed by atoms with van der Waals surface area (Å²) in [6, 6.07) is 9.68. The van der Waals surface area contributed by atoms with Crippen molar-refractivity contribution < 1.29 is 14.3 Å². The van der Waals surface area contributed by atoms with Gasteiger partial charge in [0.15, 0.2) is 5.56 Å². The average Bonchev–Trinajstić information content (AvgIpc) is 2.47. The number of carbonyl (C=O) groups is 1. The summed E-state index contributed by atoms with van der Waals surface area (Å²) in [6.45, 7) is 6.28. The number of hydrogen-bond donors (Lipinski definition) is 0. The van der Waals surface area contributed by atoms with E-state index in [1.165, 1.54) is 0 Å². The molecule has 0 radical (unpaired) electrons. The van der Waals surface area contributed by atoms with Gasteiger partial charge < -0.3 is 14.4 Å². The van der Waals surface area contributed by atoms with Crippen molar-refractivity contribution in [3.05, 3.63) is 48.0 Å². The van der Waals surface area contributed by atoms with E-state index in [-0.39, 0.29) is 11.5 Å². The highest BCUT2D eigenvalue weighted by Gasteiger charge is 2.02. The third-order valence-corrected chi connectivity index (χ3v) is 2.82. The Kier molecular flexibility index (Phi) is 10.6. The van der Waals surface area contributed by atoms with E-state index in [9.17, 15) is 4.79 Å². The van der Waals surface area contributed by atoms with Crippen LogP contribution in [-0.4, -0.2) is 45.2 Å². The zero-order valence-electron chi connectivity index (χ0n) is 13.1. The number of rotatable bonds is 6. The monoisotopic (exact) mass is 313 g/mol. The minimum Gasteiger partial charge on any atom is -0.461 e. The molecule has 0 saturated heterocycles. The van der Waals surface area contributed by atoms with Crippen molar-refractivity contribution in [2.24, 2.45) is 0 Å². The molecule has 0 amide bonds. The highest BCUT2D eigenvalue weighted by atomic mass is 35.5. The van der Waals surface area contributed by atoms with E-state index in [1.54, 1.807) is 14.0 Å². The van der Waals surface area contributed by atoms with E-state index in [0.29, 0.717) is 12.2 Å². The molecule has 0 heterocycles. The van der Waals surface area contributed by atoms with Crippen molar-refractivity contribution in [3.63, 3.8) is 0 Å². The molecule has 1 atom stereocenters. The van der Waals surface area contributed by atoms with Crippen LogP contribution in [0.25, 0.3) is 0 Å². The van der Waals surface area contributed by atoms with E-state index < -0.39 is 0 Å². The van der Waals surface area contributed by atoms with Crippen LogP contribution in [-0.2, 0) is 14.3 Å². The van der Waals surface area contributed by atoms with Crippen molar-refractivity contribution in [1.82, 2.24) is 4.90 Å². The average molecular weight is 314 g/mol. The van der Waals surface area contributed by atoms with Crippen LogP contribution in [0.5, 0.6) is 0 Å². The molecule has 5 heteroatoms. The molecule has 1 rings (SSSR count). The summed E-state index contributed by atoms with van der Waals surface area (Å²) in [4.78, 5) is 12.7. The van der Waals surface area contributed by atoms with Gasteiger partial charge in [-0.2, -0.15) is 0 Å². The molecule has 1 unspecified atom stereocenters. The van der Waals surface area contributed by atoms with Crippen molar-refractivity contribution in [1.29, 1.82) is 0 Å². The Morgan fingerprint density at radius 2 is 1.90 bits per heavy atom. The fraction of sp³-hybridized carbons (Fsp3) is 0.438. The molecule has 1 aromatic rings. The zero-order chi connectivity index (χ0) is 16.3. The first-order chi connectivity index (χ1) is 9.88. The first-order valence-corrected chi connectivity index (χ1v) is 7.01. The first-order valence-electron chi connectivity index (χ1n) is 6.57. The molecule has 0 aliphatic carbocycles. The largest absolute Gasteiger partial charge is 0.461 e. The van der Waals surface area contributed by atoms with Gasteiger partial charge in [-0.3, -0.25) is 0 Å². The van der Waals surface area contributed by atoms with Crippen molar-refractivity contribution in [3.8, 4) is 0 Å². The Balaban J connectivity index is 0.000000382. The normalized spacial score (nSPS) is 11.3. The molecule has 118 valence electrons. The summed E-state index contributed by atoms with van der Waals surface area (Å²) in [5, 5.41) is 0. The van der Waals surface area contributed by atoms with Crippen molar-refractivity contribution in [2.75, 3.05) is 34.4 Å². The van der Waals surface area contributed by atoms with Crippen LogP contribution >= 0.6 is 11.6 Å². The molecule has 0 bridgehead atoms. The maximum atomic E-state index is 10.8. The number of esters is 1. The summed E-state index contributed by atoms with van der Waals surface area (Å²) in [5.74, 6) is -0.313. The predicted octanol–water partition coefficient (Wildman–Crippen LogP) is 3.24. The van der Waals surface area contributed by atoms with Gasteiger partial charge in [0.2, 0.25) is 0 Å². The quantitative estimate of drug-likeness (QED) is 0.459. The SMILES string of the molecule is C=C(C)C(=O)OCCN(C)C.COC(Cl)c1ccccc1. The summed E-state index contributed by atoms with van der Waals surface area (Å²) in [7, 11) is 5.44. The van der Waals surface area contributed by atoms with Crippen molar-refractivity contribution in [2.45, 2.75) is 12.5 Å². The number of benzene rings is 1. The minimum absolute atomic E-state index is 0.313. The molecule has 21 heavy (non-hydrogen) atoms. The Bertz CT molecular complexity index is 421. The molecule has 0 saturated carbocycles. The number of likely N-dealkylation sites (N-methyl/N-ethyl adjacent to an activating group) is 1. The highest BCUT2D eigenvalue weighted by Crippen LogP contribution is 2.19. The second-order valence-corrected chi connectivity index (χ2v) is 5.08. The Hall–Kier alpha value is -1.36. The van der Waals surface area contributed by atoms with Gasteiger partial charge in [0, 0.05) is 19.2 Å². The summed E-state index contributed by atoms with van der Waals surface area (Å²) in [5.41, 5.74) is 1.12. The van der Waals surface area contributed by atoms with Crippen LogP contribution in [0.2, 0.25) is 0 Å². The van der Waals surface area contributed by atoms with E-state index in [4.69, 9.17) is 21.1 Å². The third kappa shape index (κ3) is 10.1. The van der Waals surface area contributed by atoms with Gasteiger partial charge in [-0.25, -0.2) is 4.79 Å². The maximum Gasteiger partial charge on any atom is 0.333 e. The second-order valence-electron chi connectivity index (χ2n) is 4.68. The molecule has 0 spiro atoms. The number of methoxy groups -OCH3 is 1. The molecule has 0 fully saturated rings. The lowest BCUT2D eigenvalue weighted by atomic mass is 10.2. The van der Waals surface area contributed by atoms with Crippen molar-refractivity contribution >= 4 is 17.6 Å². The summed E-state index contributed by atoms with van der Waals surface area (Å²) >= 11 is 5.77. The topological polar surface area (TPSA) is 38.8 Å². The standard InChI is InChI=1S/C8H9ClO.C8H15NO2/c1-10-8(9)7-5-3-2-4-6-7;1-7(2)8(10)11-6-5-9(3)4/h2-6,8H,1H3;1,5-6H2,2-4H3. The molecular weight excluding hydrogens is 290 g/mol. The number of carbonyl (C=O) groups excluding carboxylic acids is 1. The van der Waals surface area contributed by atoms with Gasteiger partial charge in [-0.05, 0) is 26.6 Å². The lowest BCUT2D eigenvalue weighted by Crippen LogP contribution is -2.20. The molecule has 0 aliphatic heterocycles. The van der Waals surface area contributed by atoms with Gasteiger partial charge >= 0.3 is 5.97 Å². The third-order valence-electron chi connectivity index (χ3n) is 2.39. The Morgan fingerprint density at radius 3 is 2.33 bits per heavy atom. The van der Waals surface area contributed by atoms with Gasteiger partial charge in [0.1, 0.15) is 6.61 Å². The molecular formula is C16H24ClNO3. The first kappa shape index (κ1) is 19.6. The van der Waals surface area contributed by atoms with E-state index in [1.807, 2.05) is 49.3 Å². The van der Waals surface area contributed by atoms with E-state index >= 15 is 0 Å². The number of hydrogen-bond acceptors (Lipinski definition) is 4. The van der Waals surface area contributed by atoms with Crippen LogP contribution in [0.3, 0.4) is 0 Å². The number of nitrogens with zero attached hydrogens (tertiary/aromatic N) is 1.